The van der Waals surface area contributed by atoms with Crippen molar-refractivity contribution in [2.45, 2.75) is 26.3 Å². The van der Waals surface area contributed by atoms with E-state index in [1.54, 1.807) is 17.5 Å². The van der Waals surface area contributed by atoms with Crippen LogP contribution in [0.25, 0.3) is 16.2 Å². The van der Waals surface area contributed by atoms with Gasteiger partial charge in [-0.3, -0.25) is 0 Å². The molecule has 126 valence electrons. The first kappa shape index (κ1) is 16.6. The summed E-state index contributed by atoms with van der Waals surface area (Å²) in [5, 5.41) is 4.43. The second kappa shape index (κ2) is 7.55. The summed E-state index contributed by atoms with van der Waals surface area (Å²) in [6.45, 7) is 9.36. The van der Waals surface area contributed by atoms with Gasteiger partial charge in [0.15, 0.2) is 0 Å². The molecule has 6 nitrogen and oxygen atoms in total. The lowest BCUT2D eigenvalue weighted by molar-refractivity contribution is 0.315. The fourth-order valence-electron chi connectivity index (χ4n) is 2.36. The van der Waals surface area contributed by atoms with Gasteiger partial charge in [-0.1, -0.05) is 13.0 Å². The molecule has 0 aliphatic rings. The van der Waals surface area contributed by atoms with Crippen LogP contribution < -0.4 is 10.1 Å². The van der Waals surface area contributed by atoms with E-state index >= 15 is 0 Å². The third-order valence-corrected chi connectivity index (χ3v) is 4.76. The van der Waals surface area contributed by atoms with Gasteiger partial charge in [0.1, 0.15) is 10.7 Å². The summed E-state index contributed by atoms with van der Waals surface area (Å²) >= 11 is 1.64. The number of hydrogen-bond donors (Lipinski definition) is 1. The monoisotopic (exact) mass is 343 g/mol. The Morgan fingerprint density at radius 3 is 3.12 bits per heavy atom. The minimum atomic E-state index is 0.231. The molecule has 0 aliphatic carbocycles. The molecule has 7 heteroatoms. The Hall–Kier alpha value is -2.25. The van der Waals surface area contributed by atoms with Crippen molar-refractivity contribution in [1.29, 1.82) is 0 Å². The van der Waals surface area contributed by atoms with Gasteiger partial charge in [0.25, 0.3) is 5.88 Å². The summed E-state index contributed by atoms with van der Waals surface area (Å²) in [5.74, 6) is 0.536. The summed E-state index contributed by atoms with van der Waals surface area (Å²) in [4.78, 5) is 14.5. The molecular formula is C17H21N5OS. The number of hydrogen-bond acceptors (Lipinski definition) is 6. The highest BCUT2D eigenvalue weighted by molar-refractivity contribution is 7.15. The molecule has 3 rings (SSSR count). The zero-order valence-corrected chi connectivity index (χ0v) is 14.7. The second-order valence-corrected chi connectivity index (χ2v) is 6.42. The average molecular weight is 343 g/mol. The van der Waals surface area contributed by atoms with Crippen LogP contribution in [0.15, 0.2) is 37.4 Å². The molecule has 0 radical (unpaired) electrons. The van der Waals surface area contributed by atoms with Crippen LogP contribution in [0.2, 0.25) is 0 Å². The smallest absolute Gasteiger partial charge is 0.258 e. The van der Waals surface area contributed by atoms with E-state index in [-0.39, 0.29) is 6.04 Å². The zero-order valence-electron chi connectivity index (χ0n) is 13.9. The molecule has 0 saturated carbocycles. The van der Waals surface area contributed by atoms with E-state index < -0.39 is 0 Å². The van der Waals surface area contributed by atoms with Gasteiger partial charge in [0.2, 0.25) is 5.65 Å². The maximum atomic E-state index is 5.78. The number of ether oxygens (including phenoxy) is 1. The molecule has 3 aromatic heterocycles. The van der Waals surface area contributed by atoms with Gasteiger partial charge in [-0.25, -0.2) is 15.0 Å². The van der Waals surface area contributed by atoms with E-state index in [1.165, 1.54) is 0 Å². The van der Waals surface area contributed by atoms with E-state index in [0.717, 1.165) is 28.5 Å². The maximum Gasteiger partial charge on any atom is 0.258 e. The highest BCUT2D eigenvalue weighted by Crippen LogP contribution is 2.30. The molecule has 1 unspecified atom stereocenters. The summed E-state index contributed by atoms with van der Waals surface area (Å²) < 4.78 is 7.71. The second-order valence-electron chi connectivity index (χ2n) is 5.36. The molecule has 1 atom stereocenters. The fourth-order valence-corrected chi connectivity index (χ4v) is 3.26. The Morgan fingerprint density at radius 2 is 2.33 bits per heavy atom. The molecule has 0 fully saturated rings. The van der Waals surface area contributed by atoms with Gasteiger partial charge in [-0.2, -0.15) is 0 Å². The van der Waals surface area contributed by atoms with E-state index in [9.17, 15) is 0 Å². The van der Waals surface area contributed by atoms with E-state index in [2.05, 4.69) is 40.7 Å². The molecule has 3 aromatic rings. The quantitative estimate of drug-likeness (QED) is 0.501. The molecule has 0 bridgehead atoms. The van der Waals surface area contributed by atoms with Crippen LogP contribution in [0.3, 0.4) is 0 Å². The topological polar surface area (TPSA) is 64.3 Å². The molecule has 0 spiro atoms. The normalized spacial score (nSPS) is 12.4. The van der Waals surface area contributed by atoms with Crippen molar-refractivity contribution in [3.63, 3.8) is 0 Å². The van der Waals surface area contributed by atoms with Crippen molar-refractivity contribution >= 4 is 17.0 Å². The first-order valence-corrected chi connectivity index (χ1v) is 8.81. The van der Waals surface area contributed by atoms with Gasteiger partial charge < -0.3 is 14.5 Å². The zero-order chi connectivity index (χ0) is 16.9. The standard InChI is InChI=1S/C17H21N5OS/c1-4-6-9-23-16-15-19-7-8-22(15)11-13(21-16)14-10-20-17(24-14)12(3)18-5-2/h4,7-8,10-12,18H,1,5-6,9H2,2-3H3. The van der Waals surface area contributed by atoms with Gasteiger partial charge in [0, 0.05) is 24.8 Å². The highest BCUT2D eigenvalue weighted by atomic mass is 32.1. The van der Waals surface area contributed by atoms with Crippen molar-refractivity contribution in [3.8, 4) is 16.5 Å². The van der Waals surface area contributed by atoms with Crippen molar-refractivity contribution < 1.29 is 4.74 Å². The van der Waals surface area contributed by atoms with Gasteiger partial charge >= 0.3 is 0 Å². The molecule has 0 amide bonds. The first-order valence-electron chi connectivity index (χ1n) is 7.99. The number of nitrogens with one attached hydrogen (secondary N) is 1. The van der Waals surface area contributed by atoms with Crippen molar-refractivity contribution in [2.75, 3.05) is 13.2 Å². The lowest BCUT2D eigenvalue weighted by Crippen LogP contribution is -2.17. The molecule has 0 saturated heterocycles. The first-order chi connectivity index (χ1) is 11.7. The lowest BCUT2D eigenvalue weighted by Gasteiger charge is -2.08. The van der Waals surface area contributed by atoms with Crippen molar-refractivity contribution in [3.05, 3.63) is 42.4 Å². The molecule has 0 aliphatic heterocycles. The molecule has 3 heterocycles. The minimum absolute atomic E-state index is 0.231. The summed E-state index contributed by atoms with van der Waals surface area (Å²) in [5.41, 5.74) is 1.55. The van der Waals surface area contributed by atoms with Crippen molar-refractivity contribution in [1.82, 2.24) is 24.7 Å². The number of thiazole rings is 1. The number of nitrogens with zero attached hydrogens (tertiary/aromatic N) is 4. The minimum Gasteiger partial charge on any atom is -0.475 e. The van der Waals surface area contributed by atoms with Crippen molar-refractivity contribution in [2.24, 2.45) is 0 Å². The Kier molecular flexibility index (Phi) is 5.22. The Bertz CT molecular complexity index is 825. The SMILES string of the molecule is C=CCCOc1nc(-c2cnc(C(C)NCC)s2)cn2ccnc12. The van der Waals surface area contributed by atoms with Crippen LogP contribution in [-0.4, -0.2) is 32.5 Å². The largest absolute Gasteiger partial charge is 0.475 e. The third-order valence-electron chi connectivity index (χ3n) is 3.56. The number of imidazole rings is 1. The molecule has 24 heavy (non-hydrogen) atoms. The van der Waals surface area contributed by atoms with E-state index in [4.69, 9.17) is 4.74 Å². The van der Waals surface area contributed by atoms with Crippen LogP contribution in [0, 0.1) is 0 Å². The Labute approximate surface area is 145 Å². The third kappa shape index (κ3) is 3.47. The van der Waals surface area contributed by atoms with Crippen LogP contribution in [0.5, 0.6) is 5.88 Å². The van der Waals surface area contributed by atoms with Crippen LogP contribution in [0.1, 0.15) is 31.3 Å². The average Bonchev–Trinajstić information content (AvgIpc) is 3.24. The summed E-state index contributed by atoms with van der Waals surface area (Å²) in [7, 11) is 0. The predicted octanol–water partition coefficient (Wildman–Crippen LogP) is 3.48. The molecular weight excluding hydrogens is 322 g/mol. The van der Waals surface area contributed by atoms with Gasteiger partial charge in [-0.15, -0.1) is 17.9 Å². The summed E-state index contributed by atoms with van der Waals surface area (Å²) in [6, 6.07) is 0.231. The Morgan fingerprint density at radius 1 is 1.46 bits per heavy atom. The number of fused-ring (bicyclic) bond motifs is 1. The predicted molar refractivity (Wildman–Crippen MR) is 96.5 cm³/mol. The Balaban J connectivity index is 1.92. The maximum absolute atomic E-state index is 5.78. The van der Waals surface area contributed by atoms with Crippen LogP contribution in [0.4, 0.5) is 0 Å². The van der Waals surface area contributed by atoms with Gasteiger partial charge in [0.05, 0.1) is 17.5 Å². The summed E-state index contributed by atoms with van der Waals surface area (Å²) in [6.07, 6.45) is 10.1. The van der Waals surface area contributed by atoms with Crippen LogP contribution in [-0.2, 0) is 0 Å². The highest BCUT2D eigenvalue weighted by Gasteiger charge is 2.14. The number of aromatic nitrogens is 4. The van der Waals surface area contributed by atoms with E-state index in [0.29, 0.717) is 18.1 Å². The lowest BCUT2D eigenvalue weighted by atomic mass is 10.3. The number of rotatable bonds is 8. The molecule has 0 aromatic carbocycles. The fraction of sp³-hybridized carbons (Fsp3) is 0.353. The van der Waals surface area contributed by atoms with Gasteiger partial charge in [-0.05, 0) is 19.9 Å². The van der Waals surface area contributed by atoms with E-state index in [1.807, 2.05) is 29.1 Å². The molecule has 1 N–H and O–H groups in total. The van der Waals surface area contributed by atoms with Crippen LogP contribution >= 0.6 is 11.3 Å².